The van der Waals surface area contributed by atoms with Crippen LogP contribution in [-0.2, 0) is 9.36 Å². The molecule has 6 nitrogen and oxygen atoms in total. The third kappa shape index (κ3) is 3.91. The monoisotopic (exact) mass is 234 g/mol. The van der Waals surface area contributed by atoms with E-state index in [1.54, 1.807) is 0 Å². The molecule has 0 aliphatic carbocycles. The molecule has 2 unspecified atom stereocenters. The largest absolute Gasteiger partial charge is 0.355 e. The molecular formula is C8H19N4O2P. The Bertz CT molecular complexity index is 249. The van der Waals surface area contributed by atoms with E-state index in [0.29, 0.717) is 25.9 Å². The van der Waals surface area contributed by atoms with Gasteiger partial charge in [0, 0.05) is 6.54 Å². The van der Waals surface area contributed by atoms with E-state index in [4.69, 9.17) is 11.5 Å². The summed E-state index contributed by atoms with van der Waals surface area (Å²) in [6, 6.07) is 0. The number of hydrogen-bond donors (Lipinski definition) is 4. The predicted octanol–water partition coefficient (Wildman–Crippen LogP) is -1.04. The molecule has 3 atom stereocenters. The highest BCUT2D eigenvalue weighted by molar-refractivity contribution is 7.44. The summed E-state index contributed by atoms with van der Waals surface area (Å²) in [6.45, 7) is 1.12. The normalized spacial score (nSPS) is 25.7. The van der Waals surface area contributed by atoms with Gasteiger partial charge in [-0.1, -0.05) is 0 Å². The van der Waals surface area contributed by atoms with Crippen LogP contribution in [-0.4, -0.2) is 30.8 Å². The summed E-state index contributed by atoms with van der Waals surface area (Å²) in [7, 11) is -2.15. The number of nitrogens with two attached hydrogens (primary N) is 2. The van der Waals surface area contributed by atoms with E-state index >= 15 is 0 Å². The van der Waals surface area contributed by atoms with Crippen molar-refractivity contribution in [2.45, 2.75) is 31.1 Å². The summed E-state index contributed by atoms with van der Waals surface area (Å²) < 4.78 is 11.8. The average molecular weight is 234 g/mol. The molecule has 1 aliphatic rings. The van der Waals surface area contributed by atoms with Crippen LogP contribution in [0.2, 0.25) is 0 Å². The third-order valence-electron chi connectivity index (χ3n) is 2.41. The lowest BCUT2D eigenvalue weighted by molar-refractivity contribution is -0.121. The number of amides is 1. The molecule has 0 radical (unpaired) electrons. The van der Waals surface area contributed by atoms with Crippen molar-refractivity contribution in [3.05, 3.63) is 0 Å². The van der Waals surface area contributed by atoms with Crippen molar-refractivity contribution < 1.29 is 9.36 Å². The Balaban J connectivity index is 2.41. The fraction of sp³-hybridized carbons (Fsp3) is 0.875. The highest BCUT2D eigenvalue weighted by Gasteiger charge is 2.27. The molecular weight excluding hydrogens is 215 g/mol. The summed E-state index contributed by atoms with van der Waals surface area (Å²) >= 11 is 0. The van der Waals surface area contributed by atoms with Crippen molar-refractivity contribution in [2.75, 3.05) is 13.1 Å². The highest BCUT2D eigenvalue weighted by atomic mass is 31.1. The number of carbonyl (C=O) groups excluding carboxylic acids is 1. The fourth-order valence-corrected chi connectivity index (χ4v) is 3.07. The molecule has 1 heterocycles. The molecule has 1 saturated heterocycles. The fourth-order valence-electron chi connectivity index (χ4n) is 1.56. The van der Waals surface area contributed by atoms with Crippen LogP contribution in [0.5, 0.6) is 0 Å². The lowest BCUT2D eigenvalue weighted by Crippen LogP contribution is -2.42. The predicted molar refractivity (Wildman–Crippen MR) is 59.8 cm³/mol. The first-order valence-corrected chi connectivity index (χ1v) is 6.67. The Morgan fingerprint density at radius 2 is 2.40 bits per heavy atom. The molecule has 0 aromatic heterocycles. The van der Waals surface area contributed by atoms with E-state index < -0.39 is 13.6 Å². The van der Waals surface area contributed by atoms with E-state index in [1.807, 2.05) is 0 Å². The van der Waals surface area contributed by atoms with E-state index in [2.05, 4.69) is 10.4 Å². The second-order valence-electron chi connectivity index (χ2n) is 3.68. The zero-order valence-corrected chi connectivity index (χ0v) is 9.66. The summed E-state index contributed by atoms with van der Waals surface area (Å²) in [4.78, 5) is 11.4. The minimum absolute atomic E-state index is 0.127. The molecule has 0 aromatic rings. The van der Waals surface area contributed by atoms with Gasteiger partial charge in [0.2, 0.25) is 5.91 Å². The Morgan fingerprint density at radius 1 is 1.67 bits per heavy atom. The highest BCUT2D eigenvalue weighted by Crippen LogP contribution is 2.29. The van der Waals surface area contributed by atoms with Gasteiger partial charge >= 0.3 is 0 Å². The summed E-state index contributed by atoms with van der Waals surface area (Å²) in [5, 5.41) is 5.46. The zero-order valence-electron chi connectivity index (χ0n) is 8.66. The van der Waals surface area contributed by atoms with E-state index in [0.717, 1.165) is 6.42 Å². The SMILES string of the molecule is NCCC(N)N[PH](=O)[C@H]1CCCNC1=O. The lowest BCUT2D eigenvalue weighted by atomic mass is 10.1. The first kappa shape index (κ1) is 12.6. The van der Waals surface area contributed by atoms with Crippen LogP contribution in [0.3, 0.4) is 0 Å². The molecule has 0 bridgehead atoms. The van der Waals surface area contributed by atoms with Gasteiger partial charge in [0.05, 0.1) is 6.17 Å². The second kappa shape index (κ2) is 6.23. The van der Waals surface area contributed by atoms with Gasteiger partial charge in [-0.3, -0.25) is 9.88 Å². The number of carbonyl (C=O) groups is 1. The molecule has 0 saturated carbocycles. The first-order chi connectivity index (χ1) is 7.15. The smallest absolute Gasteiger partial charge is 0.231 e. The minimum Gasteiger partial charge on any atom is -0.355 e. The lowest BCUT2D eigenvalue weighted by Gasteiger charge is -2.23. The van der Waals surface area contributed by atoms with E-state index in [1.165, 1.54) is 0 Å². The van der Waals surface area contributed by atoms with Gasteiger partial charge < -0.3 is 21.3 Å². The molecule has 0 spiro atoms. The van der Waals surface area contributed by atoms with Crippen molar-refractivity contribution in [1.29, 1.82) is 0 Å². The quantitative estimate of drug-likeness (QED) is 0.359. The summed E-state index contributed by atoms with van der Waals surface area (Å²) in [5.74, 6) is -0.127. The molecule has 7 heteroatoms. The van der Waals surface area contributed by atoms with Gasteiger partial charge in [-0.2, -0.15) is 0 Å². The topological polar surface area (TPSA) is 110 Å². The van der Waals surface area contributed by atoms with Crippen LogP contribution in [0.4, 0.5) is 0 Å². The van der Waals surface area contributed by atoms with Crippen molar-refractivity contribution in [3.8, 4) is 0 Å². The maximum atomic E-state index is 11.8. The van der Waals surface area contributed by atoms with Gasteiger partial charge in [0.1, 0.15) is 13.6 Å². The number of hydrogen-bond acceptors (Lipinski definition) is 4. The van der Waals surface area contributed by atoms with Gasteiger partial charge in [-0.05, 0) is 25.8 Å². The van der Waals surface area contributed by atoms with Crippen molar-refractivity contribution in [3.63, 3.8) is 0 Å². The Labute approximate surface area is 90.0 Å². The molecule has 1 aliphatic heterocycles. The molecule has 6 N–H and O–H groups in total. The second-order valence-corrected chi connectivity index (χ2v) is 5.39. The maximum Gasteiger partial charge on any atom is 0.231 e. The zero-order chi connectivity index (χ0) is 11.3. The molecule has 1 rings (SSSR count). The first-order valence-electron chi connectivity index (χ1n) is 5.19. The van der Waals surface area contributed by atoms with Crippen molar-refractivity contribution >= 4 is 13.9 Å². The van der Waals surface area contributed by atoms with Gasteiger partial charge in [-0.25, -0.2) is 0 Å². The van der Waals surface area contributed by atoms with Crippen molar-refractivity contribution in [2.24, 2.45) is 11.5 Å². The number of nitrogens with one attached hydrogen (secondary N) is 2. The van der Waals surface area contributed by atoms with E-state index in [9.17, 15) is 9.36 Å². The standard InChI is InChI=1S/C8H19N4O2P/c9-4-3-7(10)12-15(14)6-2-1-5-11-8(6)13/h6-7,15H,1-5,9-10H2,(H,11,13)(H,12,14)/t6-,7?/m0/s1. The van der Waals surface area contributed by atoms with Gasteiger partial charge in [0.15, 0.2) is 0 Å². The minimum atomic E-state index is -2.15. The van der Waals surface area contributed by atoms with Crippen LogP contribution in [0.25, 0.3) is 0 Å². The van der Waals surface area contributed by atoms with E-state index in [-0.39, 0.29) is 12.1 Å². The van der Waals surface area contributed by atoms with Crippen LogP contribution in [0.15, 0.2) is 0 Å². The number of rotatable bonds is 5. The Kier molecular flexibility index (Phi) is 5.25. The van der Waals surface area contributed by atoms with Crippen LogP contribution in [0, 0.1) is 0 Å². The summed E-state index contributed by atoms with van der Waals surface area (Å²) in [6.07, 6.45) is 1.73. The maximum absolute atomic E-state index is 11.8. The molecule has 1 amide bonds. The third-order valence-corrected chi connectivity index (χ3v) is 4.25. The molecule has 88 valence electrons. The van der Waals surface area contributed by atoms with Crippen molar-refractivity contribution in [1.82, 2.24) is 10.4 Å². The van der Waals surface area contributed by atoms with Crippen LogP contribution < -0.4 is 21.9 Å². The molecule has 1 fully saturated rings. The summed E-state index contributed by atoms with van der Waals surface area (Å²) in [5.41, 5.74) is 10.6. The van der Waals surface area contributed by atoms with Gasteiger partial charge in [-0.15, -0.1) is 0 Å². The van der Waals surface area contributed by atoms with Crippen LogP contribution in [0.1, 0.15) is 19.3 Å². The number of piperidine rings is 1. The molecule has 15 heavy (non-hydrogen) atoms. The average Bonchev–Trinajstić information content (AvgIpc) is 2.18. The Hall–Kier alpha value is -0.420. The molecule has 0 aromatic carbocycles. The van der Waals surface area contributed by atoms with Crippen LogP contribution >= 0.6 is 7.95 Å². The Morgan fingerprint density at radius 3 is 3.00 bits per heavy atom. The van der Waals surface area contributed by atoms with Gasteiger partial charge in [0.25, 0.3) is 0 Å².